The Morgan fingerprint density at radius 1 is 1.05 bits per heavy atom. The number of rotatable bonds is 8. The minimum Gasteiger partial charge on any atom is -0.508 e. The van der Waals surface area contributed by atoms with E-state index in [1.165, 1.54) is 43.6 Å². The van der Waals surface area contributed by atoms with E-state index in [0.29, 0.717) is 5.56 Å². The van der Waals surface area contributed by atoms with Gasteiger partial charge in [0.25, 0.3) is 0 Å². The number of phenols is 1. The Balaban J connectivity index is 1.50. The van der Waals surface area contributed by atoms with Gasteiger partial charge in [0.15, 0.2) is 5.43 Å². The predicted octanol–water partition coefficient (Wildman–Crippen LogP) is -0.432. The van der Waals surface area contributed by atoms with E-state index in [4.69, 9.17) is 23.7 Å². The second kappa shape index (κ2) is 11.2. The largest absolute Gasteiger partial charge is 0.508 e. The number of carboxylic acid groups (broad SMARTS) is 1. The minimum atomic E-state index is -1.75. The summed E-state index contributed by atoms with van der Waals surface area (Å²) in [5.74, 6) is -2.49. The molecule has 6 N–H and O–H groups in total. The van der Waals surface area contributed by atoms with Crippen LogP contribution in [0.3, 0.4) is 0 Å². The summed E-state index contributed by atoms with van der Waals surface area (Å²) in [6, 6.07) is 8.58. The third kappa shape index (κ3) is 5.46. The zero-order valence-corrected chi connectivity index (χ0v) is 19.9. The van der Waals surface area contributed by atoms with Gasteiger partial charge in [-0.3, -0.25) is 10.1 Å². The highest BCUT2D eigenvalue weighted by molar-refractivity contribution is 5.98. The van der Waals surface area contributed by atoms with E-state index in [0.717, 1.165) is 0 Å². The third-order valence-corrected chi connectivity index (χ3v) is 6.01. The molecule has 202 valence electrons. The maximum atomic E-state index is 13.0. The molecule has 2 aromatic carbocycles. The molecule has 13 nitrogen and oxygen atoms in total. The molecule has 0 radical (unpaired) electrons. The summed E-state index contributed by atoms with van der Waals surface area (Å²) >= 11 is 0. The molecular weight excluding hydrogens is 506 g/mol. The molecule has 2 heterocycles. The maximum absolute atomic E-state index is 13.0. The fraction of sp³-hybridized carbons (Fsp3) is 0.320. The number of phenolic OH excluding ortho intramolecular Hbond substituents is 1. The van der Waals surface area contributed by atoms with Crippen molar-refractivity contribution in [2.45, 2.75) is 36.7 Å². The normalized spacial score (nSPS) is 24.1. The highest BCUT2D eigenvalue weighted by Gasteiger charge is 2.45. The quantitative estimate of drug-likeness (QED) is 0.161. The number of carbonyl (C=O) groups is 2. The molecule has 1 saturated heterocycles. The highest BCUT2D eigenvalue weighted by Crippen LogP contribution is 2.28. The molecule has 3 aromatic rings. The number of hydrogen-bond donors (Lipinski definition) is 6. The number of aliphatic carboxylic acids is 1. The van der Waals surface area contributed by atoms with Crippen molar-refractivity contribution in [2.75, 3.05) is 13.7 Å². The van der Waals surface area contributed by atoms with Crippen LogP contribution in [0.4, 0.5) is 0 Å². The van der Waals surface area contributed by atoms with Crippen LogP contribution in [0.2, 0.25) is 0 Å². The molecule has 0 amide bonds. The molecule has 6 atom stereocenters. The number of carboxylic acids is 1. The number of aliphatic hydroxyl groups is 3. The Kier molecular flexibility index (Phi) is 7.94. The molecule has 0 spiro atoms. The first-order valence-electron chi connectivity index (χ1n) is 11.4. The van der Waals surface area contributed by atoms with Gasteiger partial charge < -0.3 is 44.2 Å². The summed E-state index contributed by atoms with van der Waals surface area (Å²) in [7, 11) is 1.25. The van der Waals surface area contributed by atoms with Gasteiger partial charge in [0, 0.05) is 6.07 Å². The Labute approximate surface area is 214 Å². The summed E-state index contributed by atoms with van der Waals surface area (Å²) in [6.45, 7) is -0.637. The number of hydrogen-bond acceptors (Lipinski definition) is 12. The summed E-state index contributed by atoms with van der Waals surface area (Å²) in [5, 5.41) is 51.8. The number of likely N-dealkylation sites (N-methyl/N-ethyl adjacent to an activating group) is 1. The smallest absolute Gasteiger partial charge is 0.334 e. The average molecular weight is 531 g/mol. The van der Waals surface area contributed by atoms with Crippen LogP contribution in [0.15, 0.2) is 57.9 Å². The summed E-state index contributed by atoms with van der Waals surface area (Å²) in [5.41, 5.74) is 0.633. The summed E-state index contributed by atoms with van der Waals surface area (Å²) in [4.78, 5) is 36.0. The van der Waals surface area contributed by atoms with Crippen LogP contribution in [-0.2, 0) is 19.1 Å². The van der Waals surface area contributed by atoms with E-state index >= 15 is 0 Å². The van der Waals surface area contributed by atoms with Crippen LogP contribution < -0.4 is 15.5 Å². The van der Waals surface area contributed by atoms with Crippen molar-refractivity contribution in [3.63, 3.8) is 0 Å². The molecule has 1 aliphatic rings. The monoisotopic (exact) mass is 531 g/mol. The number of benzene rings is 2. The number of aromatic hydroxyl groups is 1. The summed E-state index contributed by atoms with van der Waals surface area (Å²) in [6.07, 6.45) is -6.77. The van der Waals surface area contributed by atoms with Crippen molar-refractivity contribution >= 4 is 22.9 Å². The first-order chi connectivity index (χ1) is 18.1. The zero-order valence-electron chi connectivity index (χ0n) is 19.9. The van der Waals surface area contributed by atoms with Crippen molar-refractivity contribution < 1.29 is 53.7 Å². The molecule has 1 fully saturated rings. The Hall–Kier alpha value is -4.01. The van der Waals surface area contributed by atoms with Crippen LogP contribution >= 0.6 is 0 Å². The lowest BCUT2D eigenvalue weighted by Gasteiger charge is -2.39. The van der Waals surface area contributed by atoms with Crippen LogP contribution in [0.25, 0.3) is 22.1 Å². The van der Waals surface area contributed by atoms with Gasteiger partial charge in [0.1, 0.15) is 54.4 Å². The lowest BCUT2D eigenvalue weighted by atomic mass is 9.99. The van der Waals surface area contributed by atoms with Gasteiger partial charge in [-0.15, -0.1) is 0 Å². The number of fused-ring (bicyclic) bond motifs is 1. The van der Waals surface area contributed by atoms with Gasteiger partial charge in [-0.1, -0.05) is 12.1 Å². The molecule has 0 unspecified atom stereocenters. The van der Waals surface area contributed by atoms with Crippen LogP contribution in [0, 0.1) is 0 Å². The number of esters is 1. The number of carbonyl (C=O) groups excluding carboxylic acids is 1. The maximum Gasteiger partial charge on any atom is 0.334 e. The van der Waals surface area contributed by atoms with Crippen LogP contribution in [0.5, 0.6) is 11.5 Å². The fourth-order valence-corrected chi connectivity index (χ4v) is 3.90. The number of nitrogens with one attached hydrogen (secondary N) is 1. The van der Waals surface area contributed by atoms with Crippen molar-refractivity contribution in [1.82, 2.24) is 5.32 Å². The van der Waals surface area contributed by atoms with Gasteiger partial charge in [0.05, 0.1) is 10.9 Å². The summed E-state index contributed by atoms with van der Waals surface area (Å²) < 4.78 is 21.6. The Morgan fingerprint density at radius 2 is 1.76 bits per heavy atom. The minimum absolute atomic E-state index is 0.0494. The van der Waals surface area contributed by atoms with Crippen LogP contribution in [0.1, 0.15) is 0 Å². The van der Waals surface area contributed by atoms with Crippen molar-refractivity contribution in [2.24, 2.45) is 0 Å². The van der Waals surface area contributed by atoms with E-state index in [9.17, 15) is 34.8 Å². The number of ether oxygens (including phenoxy) is 3. The average Bonchev–Trinajstić information content (AvgIpc) is 2.89. The van der Waals surface area contributed by atoms with Gasteiger partial charge in [0.2, 0.25) is 12.3 Å². The predicted molar refractivity (Wildman–Crippen MR) is 128 cm³/mol. The fourth-order valence-electron chi connectivity index (χ4n) is 3.90. The third-order valence-electron chi connectivity index (χ3n) is 6.01. The zero-order chi connectivity index (χ0) is 27.6. The van der Waals surface area contributed by atoms with Gasteiger partial charge in [-0.2, -0.15) is 0 Å². The highest BCUT2D eigenvalue weighted by atomic mass is 16.7. The van der Waals surface area contributed by atoms with Crippen LogP contribution in [-0.4, -0.2) is 87.9 Å². The first kappa shape index (κ1) is 27.0. The lowest BCUT2D eigenvalue weighted by Crippen LogP contribution is -2.60. The molecule has 4 rings (SSSR count). The molecule has 1 aliphatic heterocycles. The van der Waals surface area contributed by atoms with E-state index in [1.54, 1.807) is 12.1 Å². The topological polar surface area (TPSA) is 205 Å². The van der Waals surface area contributed by atoms with Crippen molar-refractivity contribution in [3.05, 3.63) is 59.0 Å². The first-order valence-corrected chi connectivity index (χ1v) is 11.4. The second-order valence-electron chi connectivity index (χ2n) is 8.51. The van der Waals surface area contributed by atoms with Gasteiger partial charge in [-0.05, 0) is 36.9 Å². The second-order valence-corrected chi connectivity index (χ2v) is 8.51. The Morgan fingerprint density at radius 3 is 2.42 bits per heavy atom. The lowest BCUT2D eigenvalue weighted by molar-refractivity contribution is -0.278. The van der Waals surface area contributed by atoms with Crippen molar-refractivity contribution in [1.29, 1.82) is 0 Å². The SMILES string of the molecule is CN[C@H](C(=O)O)C(=O)OC[C@@H]1O[C@H](Oc2ccc3c(=O)c(-c4ccc(O)cc4)coc3c2)[C@@H](O)[C@H](O)[C@H]1O. The van der Waals surface area contributed by atoms with E-state index in [-0.39, 0.29) is 33.5 Å². The standard InChI is InChI=1S/C25H25NO12/c1-26-18(23(32)33)24(34)36-10-17-20(29)21(30)22(31)25(38-17)37-13-6-7-14-16(8-13)35-9-15(19(14)28)11-2-4-12(27)5-3-11/h2-9,17-18,20-22,25-27,29-31H,10H2,1H3,(H,32,33)/t17-,18+,20-,21+,22-,25-/m0/s1. The molecular formula is C25H25NO12. The van der Waals surface area contributed by atoms with E-state index in [2.05, 4.69) is 5.32 Å². The van der Waals surface area contributed by atoms with Gasteiger partial charge >= 0.3 is 11.9 Å². The molecule has 1 aromatic heterocycles. The van der Waals surface area contributed by atoms with E-state index in [1.807, 2.05) is 0 Å². The Bertz CT molecular complexity index is 1370. The molecule has 13 heteroatoms. The molecule has 0 bridgehead atoms. The molecule has 0 saturated carbocycles. The van der Waals surface area contributed by atoms with E-state index < -0.39 is 55.3 Å². The van der Waals surface area contributed by atoms with Crippen molar-refractivity contribution in [3.8, 4) is 22.6 Å². The molecule has 0 aliphatic carbocycles. The number of aliphatic hydroxyl groups excluding tert-OH is 3. The van der Waals surface area contributed by atoms with Gasteiger partial charge in [-0.25, -0.2) is 9.59 Å². The molecule has 38 heavy (non-hydrogen) atoms.